The summed E-state index contributed by atoms with van der Waals surface area (Å²) in [5.74, 6) is -0.783. The molecular weight excluding hydrogens is 364 g/mol. The Morgan fingerprint density at radius 3 is 2.56 bits per heavy atom. The number of amides is 2. The Hall–Kier alpha value is -2.97. The summed E-state index contributed by atoms with van der Waals surface area (Å²) in [6.07, 6.45) is 0. The molecule has 27 heavy (non-hydrogen) atoms. The highest BCUT2D eigenvalue weighted by Crippen LogP contribution is 2.21. The van der Waals surface area contributed by atoms with Crippen LogP contribution in [0.5, 0.6) is 0 Å². The number of nitrogens with zero attached hydrogens (tertiary/aromatic N) is 1. The highest BCUT2D eigenvalue weighted by Gasteiger charge is 2.07. The number of carbonyl (C=O) groups excluding carboxylic acids is 2. The predicted octanol–water partition coefficient (Wildman–Crippen LogP) is 2.38. The van der Waals surface area contributed by atoms with E-state index >= 15 is 0 Å². The molecule has 0 aliphatic rings. The second-order valence-electron chi connectivity index (χ2n) is 5.88. The molecule has 1 aromatic heterocycles. The van der Waals surface area contributed by atoms with Gasteiger partial charge in [-0.3, -0.25) is 20.4 Å². The number of hydrogen-bond acceptors (Lipinski definition) is 6. The van der Waals surface area contributed by atoms with Crippen LogP contribution in [-0.2, 0) is 20.9 Å². The number of hydrazine groups is 1. The van der Waals surface area contributed by atoms with Crippen molar-refractivity contribution in [1.82, 2.24) is 15.8 Å². The maximum atomic E-state index is 11.7. The Bertz CT molecular complexity index is 891. The molecule has 0 bridgehead atoms. The third kappa shape index (κ3) is 5.77. The number of aryl methyl sites for hydroxylation is 1. The first-order chi connectivity index (χ1) is 13.1. The molecule has 3 rings (SSSR count). The maximum Gasteiger partial charge on any atom is 0.264 e. The fraction of sp³-hybridized carbons (Fsp3) is 0.211. The van der Waals surface area contributed by atoms with Gasteiger partial charge >= 0.3 is 0 Å². The number of hydrogen-bond donors (Lipinski definition) is 3. The first-order valence-corrected chi connectivity index (χ1v) is 9.22. The van der Waals surface area contributed by atoms with Crippen molar-refractivity contribution in [3.05, 3.63) is 59.1 Å². The molecule has 1 heterocycles. The van der Waals surface area contributed by atoms with Gasteiger partial charge in [0.2, 0.25) is 0 Å². The van der Waals surface area contributed by atoms with Crippen LogP contribution in [0.1, 0.15) is 10.6 Å². The fourth-order valence-corrected chi connectivity index (χ4v) is 3.19. The van der Waals surface area contributed by atoms with Crippen molar-refractivity contribution in [2.75, 3.05) is 18.5 Å². The number of thiazole rings is 1. The summed E-state index contributed by atoms with van der Waals surface area (Å²) in [5, 5.41) is 3.77. The molecule has 0 atom stereocenters. The fourth-order valence-electron chi connectivity index (χ4n) is 2.29. The van der Waals surface area contributed by atoms with Crippen LogP contribution in [0.3, 0.4) is 0 Å². The number of anilines is 1. The minimum atomic E-state index is -0.431. The van der Waals surface area contributed by atoms with Gasteiger partial charge in [0.1, 0.15) is 11.6 Å². The zero-order valence-electron chi connectivity index (χ0n) is 14.8. The molecule has 3 aromatic rings. The van der Waals surface area contributed by atoms with Crippen LogP contribution in [0.4, 0.5) is 5.69 Å². The van der Waals surface area contributed by atoms with Gasteiger partial charge in [0.25, 0.3) is 11.8 Å². The smallest absolute Gasteiger partial charge is 0.264 e. The van der Waals surface area contributed by atoms with Gasteiger partial charge in [0.15, 0.2) is 0 Å². The summed E-state index contributed by atoms with van der Waals surface area (Å²) < 4.78 is 6.43. The number of ether oxygens (including phenoxy) is 1. The number of aromatic nitrogens is 1. The molecule has 2 amide bonds. The molecule has 7 nitrogen and oxygen atoms in total. The lowest BCUT2D eigenvalue weighted by Crippen LogP contribution is -2.45. The lowest BCUT2D eigenvalue weighted by molar-refractivity contribution is -0.131. The van der Waals surface area contributed by atoms with Gasteiger partial charge < -0.3 is 10.1 Å². The molecule has 0 aliphatic heterocycles. The van der Waals surface area contributed by atoms with Gasteiger partial charge in [-0.2, -0.15) is 0 Å². The third-order valence-corrected chi connectivity index (χ3v) is 4.65. The van der Waals surface area contributed by atoms with Crippen LogP contribution in [-0.4, -0.2) is 29.9 Å². The van der Waals surface area contributed by atoms with Gasteiger partial charge in [0.05, 0.1) is 23.4 Å². The molecule has 0 unspecified atom stereocenters. The number of nitrogens with one attached hydrogen (secondary N) is 3. The summed E-state index contributed by atoms with van der Waals surface area (Å²) in [4.78, 5) is 27.9. The Morgan fingerprint density at radius 2 is 1.78 bits per heavy atom. The van der Waals surface area contributed by atoms with Gasteiger partial charge in [0, 0.05) is 5.69 Å². The lowest BCUT2D eigenvalue weighted by atomic mass is 10.2. The molecule has 0 spiro atoms. The Balaban J connectivity index is 1.33. The highest BCUT2D eigenvalue weighted by molar-refractivity contribution is 7.18. The topological polar surface area (TPSA) is 92.4 Å². The van der Waals surface area contributed by atoms with E-state index in [2.05, 4.69) is 21.2 Å². The highest BCUT2D eigenvalue weighted by atomic mass is 32.1. The van der Waals surface area contributed by atoms with Crippen molar-refractivity contribution >= 4 is 39.1 Å². The van der Waals surface area contributed by atoms with Crippen LogP contribution < -0.4 is 16.2 Å². The number of fused-ring (bicyclic) bond motifs is 1. The second kappa shape index (κ2) is 9.11. The molecule has 0 saturated heterocycles. The van der Waals surface area contributed by atoms with Crippen molar-refractivity contribution in [3.63, 3.8) is 0 Å². The van der Waals surface area contributed by atoms with Crippen LogP contribution in [0, 0.1) is 6.92 Å². The zero-order chi connectivity index (χ0) is 19.1. The molecule has 0 saturated carbocycles. The van der Waals surface area contributed by atoms with E-state index in [9.17, 15) is 9.59 Å². The summed E-state index contributed by atoms with van der Waals surface area (Å²) in [5.41, 5.74) is 7.55. The van der Waals surface area contributed by atoms with Crippen molar-refractivity contribution in [2.24, 2.45) is 0 Å². The number of rotatable bonds is 7. The molecule has 8 heteroatoms. The molecular formula is C19H20N4O3S. The third-order valence-electron chi connectivity index (χ3n) is 3.64. The Kier molecular flexibility index (Phi) is 6.35. The summed E-state index contributed by atoms with van der Waals surface area (Å²) in [7, 11) is 0. The molecule has 3 N–H and O–H groups in total. The summed E-state index contributed by atoms with van der Waals surface area (Å²) in [6.45, 7) is 2.12. The lowest BCUT2D eigenvalue weighted by Gasteiger charge is -2.09. The monoisotopic (exact) mass is 384 g/mol. The van der Waals surface area contributed by atoms with Crippen LogP contribution in [0.25, 0.3) is 10.2 Å². The molecule has 2 aromatic carbocycles. The van der Waals surface area contributed by atoms with E-state index in [1.54, 1.807) is 0 Å². The van der Waals surface area contributed by atoms with E-state index in [0.29, 0.717) is 0 Å². The Labute approximate surface area is 160 Å². The molecule has 0 radical (unpaired) electrons. The van der Waals surface area contributed by atoms with Gasteiger partial charge in [-0.1, -0.05) is 29.8 Å². The van der Waals surface area contributed by atoms with Gasteiger partial charge in [-0.15, -0.1) is 11.3 Å². The standard InChI is InChI=1S/C19H20N4O3S/c1-13-6-8-14(9-7-13)20-10-17(24)22-23-18(25)11-26-12-19-21-15-4-2-3-5-16(15)27-19/h2-9,20H,10-12H2,1H3,(H,22,24)(H,23,25). The summed E-state index contributed by atoms with van der Waals surface area (Å²) in [6, 6.07) is 15.5. The van der Waals surface area contributed by atoms with E-state index < -0.39 is 5.91 Å². The number of para-hydroxylation sites is 1. The van der Waals surface area contributed by atoms with Crippen molar-refractivity contribution in [3.8, 4) is 0 Å². The summed E-state index contributed by atoms with van der Waals surface area (Å²) >= 11 is 1.53. The quantitative estimate of drug-likeness (QED) is 0.544. The minimum absolute atomic E-state index is 0.0515. The molecule has 0 fully saturated rings. The van der Waals surface area contributed by atoms with E-state index in [4.69, 9.17) is 4.74 Å². The largest absolute Gasteiger partial charge is 0.376 e. The maximum absolute atomic E-state index is 11.7. The van der Waals surface area contributed by atoms with Gasteiger partial charge in [-0.25, -0.2) is 4.98 Å². The number of benzene rings is 2. The Morgan fingerprint density at radius 1 is 1.04 bits per heavy atom. The minimum Gasteiger partial charge on any atom is -0.376 e. The van der Waals surface area contributed by atoms with Crippen molar-refractivity contribution in [2.45, 2.75) is 13.5 Å². The zero-order valence-corrected chi connectivity index (χ0v) is 15.6. The van der Waals surface area contributed by atoms with E-state index in [1.807, 2.05) is 55.5 Å². The number of carbonyl (C=O) groups is 2. The van der Waals surface area contributed by atoms with Crippen LogP contribution >= 0.6 is 11.3 Å². The van der Waals surface area contributed by atoms with E-state index in [1.165, 1.54) is 11.3 Å². The predicted molar refractivity (Wildman–Crippen MR) is 105 cm³/mol. The van der Waals surface area contributed by atoms with Crippen molar-refractivity contribution in [1.29, 1.82) is 0 Å². The van der Waals surface area contributed by atoms with E-state index in [-0.39, 0.29) is 25.7 Å². The average Bonchev–Trinajstić information content (AvgIpc) is 3.08. The van der Waals surface area contributed by atoms with Gasteiger partial charge in [-0.05, 0) is 31.2 Å². The first-order valence-electron chi connectivity index (χ1n) is 8.40. The first kappa shape index (κ1) is 18.8. The van der Waals surface area contributed by atoms with Crippen LogP contribution in [0.2, 0.25) is 0 Å². The molecule has 140 valence electrons. The average molecular weight is 384 g/mol. The SMILES string of the molecule is Cc1ccc(NCC(=O)NNC(=O)COCc2nc3ccccc3s2)cc1. The van der Waals surface area contributed by atoms with Crippen LogP contribution in [0.15, 0.2) is 48.5 Å². The normalized spacial score (nSPS) is 10.6. The van der Waals surface area contributed by atoms with E-state index in [0.717, 1.165) is 26.5 Å². The van der Waals surface area contributed by atoms with Crippen molar-refractivity contribution < 1.29 is 14.3 Å². The second-order valence-corrected chi connectivity index (χ2v) is 7.00. The molecule has 0 aliphatic carbocycles.